The fourth-order valence-electron chi connectivity index (χ4n) is 8.37. The quantitative estimate of drug-likeness (QED) is 0.185. The van der Waals surface area contributed by atoms with Crippen LogP contribution < -0.4 is 0 Å². The number of nitrogens with zero attached hydrogens (tertiary/aromatic N) is 6. The molecule has 2 N–H and O–H groups in total. The summed E-state index contributed by atoms with van der Waals surface area (Å²) in [6.45, 7) is 1.01. The van der Waals surface area contributed by atoms with E-state index >= 15 is 0 Å². The molecule has 16 nitrogen and oxygen atoms in total. The second-order valence-electron chi connectivity index (χ2n) is 14.9. The van der Waals surface area contributed by atoms with Crippen LogP contribution in [0.1, 0.15) is 62.5 Å². The number of carboxylic acid groups (broad SMARTS) is 2. The fourth-order valence-corrected chi connectivity index (χ4v) is 8.37. The molecule has 5 rings (SSSR count). The number of carbonyl (C=O) groups excluding carboxylic acids is 2. The SMILES string of the molecule is O=C(O)CN(CC(=O)N1CCC(Cc2ccc([N+](=O)[O-])cc2)CC1)C1CCCCC1N(CC(=O)O)CC(=O)N1CCC(Cc2ccc([N+](=O)[O-])cc2)CC1. The maximum absolute atomic E-state index is 13.7. The van der Waals surface area contributed by atoms with Crippen LogP contribution in [0.5, 0.6) is 0 Å². The van der Waals surface area contributed by atoms with Gasteiger partial charge in [-0.1, -0.05) is 37.1 Å². The van der Waals surface area contributed by atoms with Crippen LogP contribution in [0.2, 0.25) is 0 Å². The molecule has 2 aromatic carbocycles. The highest BCUT2D eigenvalue weighted by atomic mass is 16.6. The van der Waals surface area contributed by atoms with E-state index in [2.05, 4.69) is 0 Å². The summed E-state index contributed by atoms with van der Waals surface area (Å²) in [5.41, 5.74) is 2.07. The third kappa shape index (κ3) is 11.3. The monoisotopic (exact) mass is 750 g/mol. The van der Waals surface area contributed by atoms with Gasteiger partial charge in [0.2, 0.25) is 11.8 Å². The van der Waals surface area contributed by atoms with Gasteiger partial charge in [-0.2, -0.15) is 0 Å². The highest BCUT2D eigenvalue weighted by molar-refractivity contribution is 5.80. The Morgan fingerprint density at radius 1 is 0.574 bits per heavy atom. The normalized spacial score (nSPS) is 19.9. The Morgan fingerprint density at radius 2 is 0.907 bits per heavy atom. The van der Waals surface area contributed by atoms with Gasteiger partial charge in [0.05, 0.1) is 36.0 Å². The lowest BCUT2D eigenvalue weighted by atomic mass is 9.87. The van der Waals surface area contributed by atoms with Gasteiger partial charge in [0, 0.05) is 62.5 Å². The summed E-state index contributed by atoms with van der Waals surface area (Å²) in [7, 11) is 0. The maximum Gasteiger partial charge on any atom is 0.317 e. The molecule has 2 saturated heterocycles. The van der Waals surface area contributed by atoms with Crippen molar-refractivity contribution < 1.29 is 39.2 Å². The first-order valence-electron chi connectivity index (χ1n) is 18.8. The molecule has 16 heteroatoms. The van der Waals surface area contributed by atoms with Crippen LogP contribution in [0.3, 0.4) is 0 Å². The third-order valence-corrected chi connectivity index (χ3v) is 11.3. The van der Waals surface area contributed by atoms with Crippen molar-refractivity contribution in [3.8, 4) is 0 Å². The summed E-state index contributed by atoms with van der Waals surface area (Å²) in [6, 6.07) is 12.1. The summed E-state index contributed by atoms with van der Waals surface area (Å²) < 4.78 is 0. The summed E-state index contributed by atoms with van der Waals surface area (Å²) >= 11 is 0. The molecule has 1 saturated carbocycles. The number of benzene rings is 2. The molecule has 3 fully saturated rings. The lowest BCUT2D eigenvalue weighted by molar-refractivity contribution is -0.385. The number of aliphatic carboxylic acids is 2. The van der Waals surface area contributed by atoms with Crippen molar-refractivity contribution in [1.82, 2.24) is 19.6 Å². The first-order valence-corrected chi connectivity index (χ1v) is 18.8. The van der Waals surface area contributed by atoms with Crippen molar-refractivity contribution in [3.63, 3.8) is 0 Å². The fraction of sp³-hybridized carbons (Fsp3) is 0.579. The van der Waals surface area contributed by atoms with E-state index in [1.165, 1.54) is 24.3 Å². The molecule has 2 atom stereocenters. The van der Waals surface area contributed by atoms with Gasteiger partial charge >= 0.3 is 11.9 Å². The van der Waals surface area contributed by atoms with Gasteiger partial charge in [0.15, 0.2) is 0 Å². The zero-order valence-electron chi connectivity index (χ0n) is 30.5. The van der Waals surface area contributed by atoms with Crippen molar-refractivity contribution in [2.45, 2.75) is 76.3 Å². The summed E-state index contributed by atoms with van der Waals surface area (Å²) in [6.07, 6.45) is 7.19. The molecular formula is C38H50N6O10. The zero-order chi connectivity index (χ0) is 38.8. The van der Waals surface area contributed by atoms with Crippen molar-refractivity contribution in [1.29, 1.82) is 0 Å². The molecule has 3 aliphatic rings. The minimum atomic E-state index is -1.09. The minimum absolute atomic E-state index is 0.0400. The Bertz CT molecular complexity index is 1520. The van der Waals surface area contributed by atoms with Crippen LogP contribution in [0.15, 0.2) is 48.5 Å². The largest absolute Gasteiger partial charge is 0.480 e. The van der Waals surface area contributed by atoms with E-state index in [9.17, 15) is 49.6 Å². The predicted octanol–water partition coefficient (Wildman–Crippen LogP) is 3.85. The van der Waals surface area contributed by atoms with Gasteiger partial charge in [-0.15, -0.1) is 0 Å². The maximum atomic E-state index is 13.7. The minimum Gasteiger partial charge on any atom is -0.480 e. The van der Waals surface area contributed by atoms with E-state index in [1.54, 1.807) is 43.9 Å². The number of carbonyl (C=O) groups is 4. The average Bonchev–Trinajstić information content (AvgIpc) is 3.15. The van der Waals surface area contributed by atoms with Crippen molar-refractivity contribution in [2.24, 2.45) is 11.8 Å². The molecule has 292 valence electrons. The topological polar surface area (TPSA) is 208 Å². The van der Waals surface area contributed by atoms with E-state index in [1.807, 2.05) is 0 Å². The number of hydrogen-bond donors (Lipinski definition) is 2. The van der Waals surface area contributed by atoms with Crippen LogP contribution in [-0.4, -0.2) is 128 Å². The van der Waals surface area contributed by atoms with Gasteiger partial charge in [0.25, 0.3) is 11.4 Å². The van der Waals surface area contributed by atoms with Crippen LogP contribution in [0.4, 0.5) is 11.4 Å². The van der Waals surface area contributed by atoms with E-state index in [0.29, 0.717) is 50.9 Å². The molecule has 0 spiro atoms. The number of nitro groups is 2. The molecule has 0 aromatic heterocycles. The third-order valence-electron chi connectivity index (χ3n) is 11.3. The van der Waals surface area contributed by atoms with Crippen LogP contribution in [0.25, 0.3) is 0 Å². The molecule has 0 bridgehead atoms. The number of amides is 2. The van der Waals surface area contributed by atoms with E-state index < -0.39 is 33.9 Å². The molecule has 2 aliphatic heterocycles. The van der Waals surface area contributed by atoms with Gasteiger partial charge in [-0.25, -0.2) is 0 Å². The Labute approximate surface area is 314 Å². The number of rotatable bonds is 16. The second-order valence-corrected chi connectivity index (χ2v) is 14.9. The number of carboxylic acids is 2. The van der Waals surface area contributed by atoms with E-state index in [4.69, 9.17) is 0 Å². The van der Waals surface area contributed by atoms with Gasteiger partial charge in [-0.05, 0) is 74.3 Å². The number of non-ortho nitro benzene ring substituents is 2. The smallest absolute Gasteiger partial charge is 0.317 e. The highest BCUT2D eigenvalue weighted by Gasteiger charge is 2.39. The van der Waals surface area contributed by atoms with Crippen molar-refractivity contribution >= 4 is 35.1 Å². The molecule has 2 unspecified atom stereocenters. The second kappa shape index (κ2) is 18.9. The van der Waals surface area contributed by atoms with E-state index in [-0.39, 0.29) is 49.4 Å². The van der Waals surface area contributed by atoms with Crippen molar-refractivity contribution in [3.05, 3.63) is 79.9 Å². The number of hydrogen-bond acceptors (Lipinski definition) is 10. The summed E-state index contributed by atoms with van der Waals surface area (Å²) in [4.78, 5) is 79.4. The van der Waals surface area contributed by atoms with Gasteiger partial charge in [-0.3, -0.25) is 49.2 Å². The Morgan fingerprint density at radius 3 is 1.20 bits per heavy atom. The van der Waals surface area contributed by atoms with E-state index in [0.717, 1.165) is 62.5 Å². The highest BCUT2D eigenvalue weighted by Crippen LogP contribution is 2.30. The molecule has 1 aliphatic carbocycles. The van der Waals surface area contributed by atoms with Crippen LogP contribution in [0, 0.1) is 32.1 Å². The number of nitro benzene ring substituents is 2. The summed E-state index contributed by atoms with van der Waals surface area (Å²) in [5, 5.41) is 41.8. The molecule has 2 amide bonds. The summed E-state index contributed by atoms with van der Waals surface area (Å²) in [5.74, 6) is -1.95. The average molecular weight is 751 g/mol. The van der Waals surface area contributed by atoms with Gasteiger partial charge < -0.3 is 20.0 Å². The molecule has 2 aromatic rings. The Hall–Kier alpha value is -4.96. The van der Waals surface area contributed by atoms with Crippen LogP contribution >= 0.6 is 0 Å². The number of likely N-dealkylation sites (tertiary alicyclic amines) is 2. The first-order chi connectivity index (χ1) is 25.9. The molecular weight excluding hydrogens is 700 g/mol. The number of piperidine rings is 2. The molecule has 2 heterocycles. The molecule has 0 radical (unpaired) electrons. The lowest BCUT2D eigenvalue weighted by Gasteiger charge is -2.45. The Kier molecular flexibility index (Phi) is 14.1. The zero-order valence-corrected chi connectivity index (χ0v) is 30.5. The van der Waals surface area contributed by atoms with Gasteiger partial charge in [0.1, 0.15) is 0 Å². The van der Waals surface area contributed by atoms with Crippen LogP contribution in [-0.2, 0) is 32.0 Å². The van der Waals surface area contributed by atoms with Crippen molar-refractivity contribution in [2.75, 3.05) is 52.4 Å². The predicted molar refractivity (Wildman–Crippen MR) is 197 cm³/mol. The standard InChI is InChI=1S/C38H50N6O10/c45-35(39-17-13-29(14-18-39)21-27-5-9-31(10-6-27)43(51)52)23-41(25-37(47)48)33-3-1-2-4-34(33)42(26-38(49)50)24-36(46)40-19-15-30(16-20-40)22-28-7-11-32(12-8-28)44(53)54/h5-12,29-30,33-34H,1-4,13-26H2,(H,47,48)(H,49,50). The first kappa shape index (κ1) is 40.2. The molecule has 54 heavy (non-hydrogen) atoms. The Balaban J connectivity index is 1.17. The lowest BCUT2D eigenvalue weighted by Crippen LogP contribution is -2.59.